The molecule has 0 spiro atoms. The van der Waals surface area contributed by atoms with Crippen LogP contribution in [0.3, 0.4) is 0 Å². The number of aromatic nitrogens is 1. The molecule has 132 valence electrons. The lowest BCUT2D eigenvalue weighted by molar-refractivity contribution is -0.112. The van der Waals surface area contributed by atoms with Crippen LogP contribution in [0.1, 0.15) is 17.0 Å². The Hall–Kier alpha value is -3.71. The van der Waals surface area contributed by atoms with E-state index >= 15 is 0 Å². The molecule has 7 nitrogen and oxygen atoms in total. The van der Waals surface area contributed by atoms with E-state index in [9.17, 15) is 10.1 Å². The maximum atomic E-state index is 12.4. The molecule has 0 fully saturated rings. The number of carbonyl (C=O) groups is 1. The van der Waals surface area contributed by atoms with Crippen molar-refractivity contribution in [3.8, 4) is 23.6 Å². The van der Waals surface area contributed by atoms with E-state index in [1.165, 1.54) is 20.3 Å². The Labute approximate surface area is 151 Å². The van der Waals surface area contributed by atoms with Crippen molar-refractivity contribution in [2.24, 2.45) is 7.05 Å². The Balaban J connectivity index is 2.30. The van der Waals surface area contributed by atoms with Gasteiger partial charge in [0.25, 0.3) is 5.91 Å². The van der Waals surface area contributed by atoms with Gasteiger partial charge in [-0.15, -0.1) is 0 Å². The molecule has 0 saturated carbocycles. The second-order valence-corrected chi connectivity index (χ2v) is 5.43. The summed E-state index contributed by atoms with van der Waals surface area (Å²) in [5, 5.41) is 21.1. The van der Waals surface area contributed by atoms with Crippen LogP contribution in [-0.4, -0.2) is 24.7 Å². The van der Waals surface area contributed by atoms with Crippen molar-refractivity contribution in [1.82, 2.24) is 4.57 Å². The van der Waals surface area contributed by atoms with Crippen LogP contribution >= 0.6 is 0 Å². The number of nitrogens with zero attached hydrogens (tertiary/aromatic N) is 3. The molecule has 1 aromatic heterocycles. The second-order valence-electron chi connectivity index (χ2n) is 5.43. The van der Waals surface area contributed by atoms with Gasteiger partial charge in [0, 0.05) is 24.5 Å². The highest BCUT2D eigenvalue weighted by Crippen LogP contribution is 2.30. The third-order valence-electron chi connectivity index (χ3n) is 4.00. The topological polar surface area (TPSA) is 100 Å². The van der Waals surface area contributed by atoms with Crippen molar-refractivity contribution >= 4 is 17.7 Å². The molecule has 0 unspecified atom stereocenters. The van der Waals surface area contributed by atoms with Crippen molar-refractivity contribution in [3.63, 3.8) is 0 Å². The van der Waals surface area contributed by atoms with Crippen LogP contribution in [-0.2, 0) is 11.8 Å². The number of hydrogen-bond donors (Lipinski definition) is 1. The minimum atomic E-state index is -0.554. The number of rotatable bonds is 5. The summed E-state index contributed by atoms with van der Waals surface area (Å²) in [5.41, 5.74) is 2.27. The van der Waals surface area contributed by atoms with Crippen LogP contribution in [0.5, 0.6) is 11.5 Å². The number of amides is 1. The predicted octanol–water partition coefficient (Wildman–Crippen LogP) is 2.77. The minimum absolute atomic E-state index is 0.0713. The molecule has 2 aromatic rings. The van der Waals surface area contributed by atoms with Crippen LogP contribution in [0.2, 0.25) is 0 Å². The van der Waals surface area contributed by atoms with E-state index in [1.54, 1.807) is 35.9 Å². The molecule has 7 heteroatoms. The van der Waals surface area contributed by atoms with Gasteiger partial charge in [-0.3, -0.25) is 4.79 Å². The molecule has 0 aliphatic rings. The normalized spacial score (nSPS) is 10.6. The third-order valence-corrected chi connectivity index (χ3v) is 4.00. The molecule has 2 rings (SSSR count). The fraction of sp³-hybridized carbons (Fsp3) is 0.211. The third kappa shape index (κ3) is 3.68. The summed E-state index contributed by atoms with van der Waals surface area (Å²) >= 11 is 0. The van der Waals surface area contributed by atoms with Gasteiger partial charge in [-0.1, -0.05) is 0 Å². The molecular formula is C19H18N4O3. The van der Waals surface area contributed by atoms with Gasteiger partial charge in [0.15, 0.2) is 11.5 Å². The highest BCUT2D eigenvalue weighted by atomic mass is 16.5. The molecule has 26 heavy (non-hydrogen) atoms. The number of nitriles is 2. The quantitative estimate of drug-likeness (QED) is 0.660. The monoisotopic (exact) mass is 350 g/mol. The van der Waals surface area contributed by atoms with Crippen LogP contribution in [0.25, 0.3) is 6.08 Å². The number of nitrogens with one attached hydrogen (secondary N) is 1. The summed E-state index contributed by atoms with van der Waals surface area (Å²) in [7, 11) is 4.76. The summed E-state index contributed by atoms with van der Waals surface area (Å²) in [5.74, 6) is 0.442. The van der Waals surface area contributed by atoms with E-state index in [-0.39, 0.29) is 5.57 Å². The Morgan fingerprint density at radius 3 is 2.42 bits per heavy atom. The molecule has 1 amide bonds. The number of ether oxygens (including phenoxy) is 2. The molecule has 0 atom stereocenters. The Kier molecular flexibility index (Phi) is 5.67. The average molecular weight is 350 g/mol. The summed E-state index contributed by atoms with van der Waals surface area (Å²) in [6.45, 7) is 1.81. The summed E-state index contributed by atoms with van der Waals surface area (Å²) in [6, 6.07) is 10.5. The van der Waals surface area contributed by atoms with Crippen LogP contribution in [0.4, 0.5) is 5.69 Å². The van der Waals surface area contributed by atoms with E-state index in [1.807, 2.05) is 13.0 Å². The number of carbonyl (C=O) groups excluding carboxylic acids is 1. The van der Waals surface area contributed by atoms with Crippen molar-refractivity contribution in [2.45, 2.75) is 6.92 Å². The first-order valence-electron chi connectivity index (χ1n) is 7.66. The van der Waals surface area contributed by atoms with E-state index < -0.39 is 5.91 Å². The lowest BCUT2D eigenvalue weighted by Crippen LogP contribution is -2.13. The van der Waals surface area contributed by atoms with E-state index in [4.69, 9.17) is 14.7 Å². The highest BCUT2D eigenvalue weighted by Gasteiger charge is 2.14. The average Bonchev–Trinajstić information content (AvgIpc) is 2.93. The lowest BCUT2D eigenvalue weighted by atomic mass is 10.1. The fourth-order valence-electron chi connectivity index (χ4n) is 2.39. The molecule has 1 heterocycles. The summed E-state index contributed by atoms with van der Waals surface area (Å²) < 4.78 is 12.0. The van der Waals surface area contributed by atoms with Gasteiger partial charge in [0.05, 0.1) is 14.2 Å². The zero-order chi connectivity index (χ0) is 19.3. The number of anilines is 1. The zero-order valence-electron chi connectivity index (χ0n) is 15.0. The molecule has 1 aromatic carbocycles. The first-order chi connectivity index (χ1) is 12.4. The van der Waals surface area contributed by atoms with Gasteiger partial charge in [-0.25, -0.2) is 0 Å². The van der Waals surface area contributed by atoms with Crippen molar-refractivity contribution in [2.75, 3.05) is 19.5 Å². The number of benzene rings is 1. The van der Waals surface area contributed by atoms with Crippen molar-refractivity contribution < 1.29 is 14.3 Å². The Bertz CT molecular complexity index is 958. The summed E-state index contributed by atoms with van der Waals surface area (Å²) in [6.07, 6.45) is 1.46. The van der Waals surface area contributed by atoms with Gasteiger partial charge in [-0.2, -0.15) is 10.5 Å². The maximum Gasteiger partial charge on any atom is 0.266 e. The first-order valence-corrected chi connectivity index (χ1v) is 7.66. The van der Waals surface area contributed by atoms with Crippen molar-refractivity contribution in [1.29, 1.82) is 10.5 Å². The molecule has 1 N–H and O–H groups in total. The van der Waals surface area contributed by atoms with Crippen LogP contribution < -0.4 is 14.8 Å². The summed E-state index contributed by atoms with van der Waals surface area (Å²) in [4.78, 5) is 12.4. The molecule has 0 radical (unpaired) electrons. The Morgan fingerprint density at radius 1 is 1.19 bits per heavy atom. The number of methoxy groups -OCH3 is 2. The molecule has 0 aliphatic heterocycles. The molecular weight excluding hydrogens is 332 g/mol. The smallest absolute Gasteiger partial charge is 0.266 e. The van der Waals surface area contributed by atoms with E-state index in [0.717, 1.165) is 5.69 Å². The van der Waals surface area contributed by atoms with Gasteiger partial charge in [-0.05, 0) is 36.8 Å². The predicted molar refractivity (Wildman–Crippen MR) is 96.6 cm³/mol. The van der Waals surface area contributed by atoms with Gasteiger partial charge < -0.3 is 19.4 Å². The molecule has 0 aliphatic carbocycles. The molecule has 0 bridgehead atoms. The maximum absolute atomic E-state index is 12.4. The van der Waals surface area contributed by atoms with Gasteiger partial charge in [0.1, 0.15) is 23.4 Å². The largest absolute Gasteiger partial charge is 0.493 e. The van der Waals surface area contributed by atoms with Gasteiger partial charge in [0.2, 0.25) is 0 Å². The van der Waals surface area contributed by atoms with E-state index in [0.29, 0.717) is 28.4 Å². The SMILES string of the molecule is COc1ccc(NC(=O)/C(C#N)=C/c2cc(C#N)n(C)c2C)cc1OC. The standard InChI is InChI=1S/C19H18N4O3/c1-12-13(8-16(11-21)23(12)2)7-14(10-20)19(24)22-15-5-6-17(25-3)18(9-15)26-4/h5-9H,1-4H3,(H,22,24)/b14-7+. The van der Waals surface area contributed by atoms with Gasteiger partial charge >= 0.3 is 0 Å². The fourth-order valence-corrected chi connectivity index (χ4v) is 2.39. The molecule has 0 saturated heterocycles. The van der Waals surface area contributed by atoms with Crippen LogP contribution in [0, 0.1) is 29.6 Å². The zero-order valence-corrected chi connectivity index (χ0v) is 15.0. The van der Waals surface area contributed by atoms with Crippen LogP contribution in [0.15, 0.2) is 29.8 Å². The second kappa shape index (κ2) is 7.91. The van der Waals surface area contributed by atoms with Crippen molar-refractivity contribution in [3.05, 3.63) is 46.8 Å². The Morgan fingerprint density at radius 2 is 1.88 bits per heavy atom. The lowest BCUT2D eigenvalue weighted by Gasteiger charge is -2.10. The van der Waals surface area contributed by atoms with E-state index in [2.05, 4.69) is 11.4 Å². The minimum Gasteiger partial charge on any atom is -0.493 e. The number of hydrogen-bond acceptors (Lipinski definition) is 5. The first kappa shape index (κ1) is 18.6. The highest BCUT2D eigenvalue weighted by molar-refractivity contribution is 6.09.